The molecule has 2 aliphatic heterocycles. The molecule has 0 bridgehead atoms. The van der Waals surface area contributed by atoms with Crippen LogP contribution in [0.25, 0.3) is 0 Å². The number of carbonyl (C=O) groups excluding carboxylic acids is 2. The predicted molar refractivity (Wildman–Crippen MR) is 240 cm³/mol. The van der Waals surface area contributed by atoms with Gasteiger partial charge in [-0.15, -0.1) is 13.2 Å². The second-order valence-corrected chi connectivity index (χ2v) is 16.4. The van der Waals surface area contributed by atoms with Gasteiger partial charge in [-0.2, -0.15) is 0 Å². The van der Waals surface area contributed by atoms with Gasteiger partial charge in [0.2, 0.25) is 12.6 Å². The summed E-state index contributed by atoms with van der Waals surface area (Å²) in [6.45, 7) is 10.8. The number of rotatable bonds is 22. The van der Waals surface area contributed by atoms with Crippen LogP contribution in [0.2, 0.25) is 0 Å². The highest BCUT2D eigenvalue weighted by Crippen LogP contribution is 2.62. The molecule has 0 radical (unpaired) electrons. The van der Waals surface area contributed by atoms with Crippen molar-refractivity contribution in [3.05, 3.63) is 120 Å². The van der Waals surface area contributed by atoms with Gasteiger partial charge in [0.25, 0.3) is 0 Å². The molecule has 4 aliphatic rings. The number of benzene rings is 3. The van der Waals surface area contributed by atoms with Gasteiger partial charge in [0, 0.05) is 44.2 Å². The van der Waals surface area contributed by atoms with Crippen molar-refractivity contribution in [2.24, 2.45) is 22.9 Å². The van der Waals surface area contributed by atoms with Crippen molar-refractivity contribution in [2.75, 3.05) is 39.8 Å². The molecule has 2 amide bonds. The van der Waals surface area contributed by atoms with Crippen LogP contribution >= 0.6 is 0 Å². The van der Waals surface area contributed by atoms with Crippen molar-refractivity contribution in [1.82, 2.24) is 10.2 Å². The summed E-state index contributed by atoms with van der Waals surface area (Å²) in [5, 5.41) is 27.5. The Morgan fingerprint density at radius 1 is 0.938 bits per heavy atom. The molecule has 0 spiro atoms. The Morgan fingerprint density at radius 3 is 2.48 bits per heavy atom. The first-order valence-corrected chi connectivity index (χ1v) is 22.5. The van der Waals surface area contributed by atoms with E-state index in [1.165, 1.54) is 0 Å². The standard InChI is InChI=1S/C50H61N3O11/c1-4-7-26-58-49(57)53(32-35-19-21-43-44(27-35)60-33-59-43)45-30-41(52-62-6-3)39-28-36(17-11-13-23-54)38(18-12-14-24-55)46-40-29-37(63-48(56)51-31-34-15-9-8-10-16-34)20-22-42(40)64-50(45,47(39)46)61-25-5-2/h4-5,8-10,15-16,19-22,27-29,36,38,45-47,54-55H,1-2,6-7,11-14,17-18,23-26,30-33H2,3H3,(H,51,56)/t36-,38+,45-,46+,47+,50+/m0/s1. The predicted octanol–water partition coefficient (Wildman–Crippen LogP) is 8.57. The van der Waals surface area contributed by atoms with Crippen molar-refractivity contribution in [3.63, 3.8) is 0 Å². The SMILES string of the molecule is C=CCCOC(=O)N(Cc1ccc2c(c1)OCO2)[C@H]1CC(=NOCC)C2=C[C@H](CCCCO)[C@@H](CCCCO)[C@@H]3c4cc(OC(=O)NCc5ccccc5)ccc4O[C@@]1(OCC=C)[C@H]23. The molecule has 3 N–H and O–H groups in total. The minimum absolute atomic E-state index is 0.0141. The first-order valence-electron chi connectivity index (χ1n) is 22.5. The molecule has 0 aromatic heterocycles. The van der Waals surface area contributed by atoms with Gasteiger partial charge in [0.1, 0.15) is 24.1 Å². The molecular weight excluding hydrogens is 819 g/mol. The molecule has 64 heavy (non-hydrogen) atoms. The van der Waals surface area contributed by atoms with E-state index in [9.17, 15) is 19.8 Å². The summed E-state index contributed by atoms with van der Waals surface area (Å²) >= 11 is 0. The second kappa shape index (κ2) is 22.2. The molecule has 3 aromatic carbocycles. The van der Waals surface area contributed by atoms with Gasteiger partial charge in [-0.3, -0.25) is 4.90 Å². The third-order valence-electron chi connectivity index (χ3n) is 12.4. The number of aliphatic hydroxyl groups excluding tert-OH is 2. The highest BCUT2D eigenvalue weighted by atomic mass is 16.7. The number of amides is 2. The van der Waals surface area contributed by atoms with E-state index in [1.807, 2.05) is 61.5 Å². The van der Waals surface area contributed by atoms with Crippen LogP contribution in [0, 0.1) is 17.8 Å². The van der Waals surface area contributed by atoms with Crippen LogP contribution in [0.1, 0.15) is 80.9 Å². The Balaban J connectivity index is 1.39. The number of nitrogens with one attached hydrogen (secondary N) is 1. The van der Waals surface area contributed by atoms with Crippen LogP contribution < -0.4 is 24.3 Å². The molecule has 2 aliphatic carbocycles. The maximum Gasteiger partial charge on any atom is 0.412 e. The zero-order valence-corrected chi connectivity index (χ0v) is 36.7. The molecule has 14 nitrogen and oxygen atoms in total. The minimum Gasteiger partial charge on any atom is -0.459 e. The van der Waals surface area contributed by atoms with E-state index in [2.05, 4.69) is 24.6 Å². The Hall–Kier alpha value is -5.83. The van der Waals surface area contributed by atoms with Crippen LogP contribution in [0.5, 0.6) is 23.0 Å². The van der Waals surface area contributed by atoms with Crippen molar-refractivity contribution in [2.45, 2.75) is 89.1 Å². The van der Waals surface area contributed by atoms with Gasteiger partial charge in [-0.1, -0.05) is 72.6 Å². The lowest BCUT2D eigenvalue weighted by molar-refractivity contribution is -0.256. The van der Waals surface area contributed by atoms with Gasteiger partial charge in [-0.05, 0) is 97.9 Å². The summed E-state index contributed by atoms with van der Waals surface area (Å²) in [4.78, 5) is 35.5. The number of allylic oxidation sites excluding steroid dienone is 1. The number of carbonyl (C=O) groups is 2. The molecule has 14 heteroatoms. The fraction of sp³-hybridized carbons (Fsp3) is 0.460. The number of aliphatic hydroxyl groups is 2. The number of fused-ring (bicyclic) bond motifs is 3. The Morgan fingerprint density at radius 2 is 1.72 bits per heavy atom. The fourth-order valence-electron chi connectivity index (χ4n) is 9.62. The van der Waals surface area contributed by atoms with Crippen LogP contribution in [0.15, 0.2) is 109 Å². The molecule has 0 unspecified atom stereocenters. The van der Waals surface area contributed by atoms with Crippen LogP contribution in [0.3, 0.4) is 0 Å². The highest BCUT2D eigenvalue weighted by Gasteiger charge is 2.65. The van der Waals surface area contributed by atoms with E-state index < -0.39 is 29.9 Å². The summed E-state index contributed by atoms with van der Waals surface area (Å²) in [5.74, 6) is -0.425. The van der Waals surface area contributed by atoms with Gasteiger partial charge >= 0.3 is 12.2 Å². The smallest absolute Gasteiger partial charge is 0.412 e. The number of unbranched alkanes of at least 4 members (excludes halogenated alkanes) is 2. The van der Waals surface area contributed by atoms with Crippen molar-refractivity contribution < 1.29 is 53.1 Å². The average molecular weight is 880 g/mol. The van der Waals surface area contributed by atoms with Crippen LogP contribution in [-0.4, -0.2) is 84.7 Å². The number of oxime groups is 1. The summed E-state index contributed by atoms with van der Waals surface area (Å²) in [7, 11) is 0. The number of hydrogen-bond donors (Lipinski definition) is 3. The van der Waals surface area contributed by atoms with Gasteiger partial charge < -0.3 is 48.8 Å². The van der Waals surface area contributed by atoms with Crippen molar-refractivity contribution in [3.8, 4) is 23.0 Å². The summed E-state index contributed by atoms with van der Waals surface area (Å²) < 4.78 is 37.7. The molecule has 2 heterocycles. The quantitative estimate of drug-likeness (QED) is 0.0503. The molecule has 342 valence electrons. The van der Waals surface area contributed by atoms with E-state index in [-0.39, 0.29) is 63.9 Å². The third kappa shape index (κ3) is 10.4. The summed E-state index contributed by atoms with van der Waals surface area (Å²) in [6, 6.07) is 19.7. The van der Waals surface area contributed by atoms with E-state index in [0.717, 1.165) is 47.9 Å². The Bertz CT molecular complexity index is 2140. The van der Waals surface area contributed by atoms with Crippen LogP contribution in [0.4, 0.5) is 9.59 Å². The lowest BCUT2D eigenvalue weighted by atomic mass is 9.55. The van der Waals surface area contributed by atoms with E-state index in [4.69, 9.17) is 38.4 Å². The van der Waals surface area contributed by atoms with Gasteiger partial charge in [0.05, 0.1) is 24.8 Å². The molecular formula is C50H61N3O11. The largest absolute Gasteiger partial charge is 0.459 e. The average Bonchev–Trinajstić information content (AvgIpc) is 3.79. The van der Waals surface area contributed by atoms with E-state index >= 15 is 0 Å². The zero-order chi connectivity index (χ0) is 44.9. The minimum atomic E-state index is -1.53. The number of nitrogens with zero attached hydrogens (tertiary/aromatic N) is 2. The first kappa shape index (κ1) is 46.2. The Kier molecular flexibility index (Phi) is 16.0. The fourth-order valence-corrected chi connectivity index (χ4v) is 9.62. The molecule has 1 fully saturated rings. The van der Waals surface area contributed by atoms with E-state index in [0.29, 0.717) is 61.1 Å². The topological polar surface area (TPSA) is 167 Å². The zero-order valence-electron chi connectivity index (χ0n) is 36.7. The summed E-state index contributed by atoms with van der Waals surface area (Å²) in [5.41, 5.74) is 4.04. The number of ether oxygens (including phenoxy) is 6. The normalized spacial score (nSPS) is 23.1. The second-order valence-electron chi connectivity index (χ2n) is 16.4. The Labute approximate surface area is 375 Å². The van der Waals surface area contributed by atoms with E-state index in [1.54, 1.807) is 29.2 Å². The van der Waals surface area contributed by atoms with Crippen LogP contribution in [-0.2, 0) is 27.4 Å². The maximum absolute atomic E-state index is 14.7. The molecule has 1 saturated carbocycles. The van der Waals surface area contributed by atoms with Gasteiger partial charge in [-0.25, -0.2) is 9.59 Å². The monoisotopic (exact) mass is 879 g/mol. The first-order chi connectivity index (χ1) is 31.3. The third-order valence-corrected chi connectivity index (χ3v) is 12.4. The van der Waals surface area contributed by atoms with Gasteiger partial charge in [0.15, 0.2) is 11.5 Å². The molecule has 0 saturated heterocycles. The number of hydrogen-bond acceptors (Lipinski definition) is 12. The molecule has 7 rings (SSSR count). The molecule has 3 aromatic rings. The lowest BCUT2D eigenvalue weighted by Crippen LogP contribution is -2.70. The van der Waals surface area contributed by atoms with Crippen molar-refractivity contribution >= 4 is 17.9 Å². The summed E-state index contributed by atoms with van der Waals surface area (Å²) in [6.07, 6.45) is 9.39. The van der Waals surface area contributed by atoms with Crippen molar-refractivity contribution in [1.29, 1.82) is 0 Å². The highest BCUT2D eigenvalue weighted by molar-refractivity contribution is 6.03. The maximum atomic E-state index is 14.7. The lowest BCUT2D eigenvalue weighted by Gasteiger charge is -2.59. The molecule has 6 atom stereocenters.